The molecule has 1 aromatic carbocycles. The molecule has 26 heavy (non-hydrogen) atoms. The van der Waals surface area contributed by atoms with Crippen molar-refractivity contribution in [2.45, 2.75) is 26.7 Å². The summed E-state index contributed by atoms with van der Waals surface area (Å²) in [6.07, 6.45) is 4.05. The van der Waals surface area contributed by atoms with E-state index >= 15 is 0 Å². The Morgan fingerprint density at radius 1 is 1.23 bits per heavy atom. The lowest BCUT2D eigenvalue weighted by Crippen LogP contribution is -2.27. The molecule has 0 radical (unpaired) electrons. The molecule has 0 spiro atoms. The predicted octanol–water partition coefficient (Wildman–Crippen LogP) is 4.73. The Kier molecular flexibility index (Phi) is 4.51. The molecular weight excluding hydrogens is 344 g/mol. The second-order valence-electron chi connectivity index (χ2n) is 6.78. The summed E-state index contributed by atoms with van der Waals surface area (Å²) >= 11 is 1.57. The number of rotatable bonds is 4. The lowest BCUT2D eigenvalue weighted by Gasteiger charge is -2.13. The van der Waals surface area contributed by atoms with Crippen molar-refractivity contribution in [2.24, 2.45) is 0 Å². The highest BCUT2D eigenvalue weighted by Crippen LogP contribution is 2.29. The molecule has 3 heterocycles. The van der Waals surface area contributed by atoms with Gasteiger partial charge in [0.1, 0.15) is 5.69 Å². The maximum atomic E-state index is 12.5. The molecular formula is C20H22N4OS. The third-order valence-corrected chi connectivity index (χ3v) is 5.50. The van der Waals surface area contributed by atoms with E-state index in [0.717, 1.165) is 48.0 Å². The molecule has 1 fully saturated rings. The van der Waals surface area contributed by atoms with E-state index < -0.39 is 0 Å². The quantitative estimate of drug-likeness (QED) is 0.701. The molecule has 1 saturated heterocycles. The Morgan fingerprint density at radius 3 is 2.85 bits per heavy atom. The van der Waals surface area contributed by atoms with Crippen LogP contribution < -0.4 is 5.32 Å². The number of nitrogens with zero attached hydrogens (tertiary/aromatic N) is 2. The number of amides is 1. The molecule has 1 amide bonds. The second kappa shape index (κ2) is 6.96. The maximum Gasteiger partial charge on any atom is 0.270 e. The van der Waals surface area contributed by atoms with Gasteiger partial charge in [0.15, 0.2) is 5.13 Å². The molecule has 4 rings (SSSR count). The number of likely N-dealkylation sites (tertiary alicyclic amines) is 1. The van der Waals surface area contributed by atoms with Gasteiger partial charge in [-0.15, -0.1) is 11.3 Å². The van der Waals surface area contributed by atoms with Crippen LogP contribution in [0.2, 0.25) is 0 Å². The molecule has 0 bridgehead atoms. The van der Waals surface area contributed by atoms with Crippen LogP contribution in [0.15, 0.2) is 35.8 Å². The van der Waals surface area contributed by atoms with Gasteiger partial charge < -0.3 is 15.2 Å². The van der Waals surface area contributed by atoms with Gasteiger partial charge in [-0.2, -0.15) is 0 Å². The highest BCUT2D eigenvalue weighted by atomic mass is 32.1. The number of nitrogens with one attached hydrogen (secondary N) is 2. The minimum atomic E-state index is 0.0812. The van der Waals surface area contributed by atoms with Gasteiger partial charge in [-0.1, -0.05) is 12.1 Å². The van der Waals surface area contributed by atoms with Crippen LogP contribution in [0.5, 0.6) is 0 Å². The van der Waals surface area contributed by atoms with Gasteiger partial charge in [-0.3, -0.25) is 4.79 Å². The highest BCUT2D eigenvalue weighted by molar-refractivity contribution is 7.14. The van der Waals surface area contributed by atoms with Gasteiger partial charge in [-0.05, 0) is 49.9 Å². The molecule has 5 nitrogen and oxygen atoms in total. The number of hydrogen-bond donors (Lipinski definition) is 2. The molecule has 0 unspecified atom stereocenters. The number of carbonyl (C=O) groups is 1. The summed E-state index contributed by atoms with van der Waals surface area (Å²) in [7, 11) is 0. The molecule has 2 aromatic heterocycles. The Labute approximate surface area is 157 Å². The van der Waals surface area contributed by atoms with E-state index in [2.05, 4.69) is 47.3 Å². The minimum absolute atomic E-state index is 0.0812. The van der Waals surface area contributed by atoms with Crippen LogP contribution in [0.1, 0.15) is 34.5 Å². The van der Waals surface area contributed by atoms with Crippen molar-refractivity contribution in [1.29, 1.82) is 0 Å². The first kappa shape index (κ1) is 16.8. The Hall–Kier alpha value is -2.60. The van der Waals surface area contributed by atoms with Gasteiger partial charge in [0.05, 0.1) is 5.69 Å². The number of aromatic amines is 1. The van der Waals surface area contributed by atoms with Gasteiger partial charge in [0, 0.05) is 35.9 Å². The average molecular weight is 366 g/mol. The molecule has 134 valence electrons. The molecule has 0 atom stereocenters. The Bertz CT molecular complexity index is 937. The number of H-pyrrole nitrogens is 1. The van der Waals surface area contributed by atoms with Crippen LogP contribution in [0.4, 0.5) is 10.8 Å². The van der Waals surface area contributed by atoms with Crippen molar-refractivity contribution in [3.8, 4) is 11.3 Å². The zero-order chi connectivity index (χ0) is 18.1. The normalized spacial score (nSPS) is 14.0. The summed E-state index contributed by atoms with van der Waals surface area (Å²) in [5.74, 6) is 0.0812. The van der Waals surface area contributed by atoms with Crippen LogP contribution in [0, 0.1) is 13.8 Å². The molecule has 3 aromatic rings. The average Bonchev–Trinajstić information content (AvgIpc) is 3.38. The zero-order valence-corrected chi connectivity index (χ0v) is 15.8. The van der Waals surface area contributed by atoms with E-state index in [-0.39, 0.29) is 5.91 Å². The summed E-state index contributed by atoms with van der Waals surface area (Å²) in [5, 5.41) is 6.26. The van der Waals surface area contributed by atoms with Crippen LogP contribution >= 0.6 is 11.3 Å². The van der Waals surface area contributed by atoms with Crippen LogP contribution in [0.3, 0.4) is 0 Å². The zero-order valence-electron chi connectivity index (χ0n) is 15.0. The number of benzene rings is 1. The largest absolute Gasteiger partial charge is 0.357 e. The van der Waals surface area contributed by atoms with Crippen molar-refractivity contribution < 1.29 is 4.79 Å². The van der Waals surface area contributed by atoms with Gasteiger partial charge in [-0.25, -0.2) is 4.98 Å². The standard InChI is InChI=1S/C20H22N4OS/c1-13-5-6-14(2)16(9-13)22-20-23-18(12-26-20)15-10-17(21-11-15)19(25)24-7-3-4-8-24/h5-6,9-12,21H,3-4,7-8H2,1-2H3,(H,22,23). The van der Waals surface area contributed by atoms with Gasteiger partial charge in [0.2, 0.25) is 0 Å². The first-order valence-electron chi connectivity index (χ1n) is 8.88. The number of anilines is 2. The highest BCUT2D eigenvalue weighted by Gasteiger charge is 2.21. The van der Waals surface area contributed by atoms with Crippen LogP contribution in [0.25, 0.3) is 11.3 Å². The monoisotopic (exact) mass is 366 g/mol. The molecule has 1 aliphatic heterocycles. The lowest BCUT2D eigenvalue weighted by molar-refractivity contribution is 0.0788. The molecule has 1 aliphatic rings. The van der Waals surface area contributed by atoms with E-state index in [4.69, 9.17) is 0 Å². The topological polar surface area (TPSA) is 61.0 Å². The fraction of sp³-hybridized carbons (Fsp3) is 0.300. The summed E-state index contributed by atoms with van der Waals surface area (Å²) in [6, 6.07) is 8.23. The fourth-order valence-electron chi connectivity index (χ4n) is 3.21. The molecule has 0 saturated carbocycles. The summed E-state index contributed by atoms with van der Waals surface area (Å²) in [5.41, 5.74) is 5.93. The molecule has 2 N–H and O–H groups in total. The van der Waals surface area contributed by atoms with E-state index in [1.807, 2.05) is 22.5 Å². The first-order chi connectivity index (χ1) is 12.6. The van der Waals surface area contributed by atoms with Crippen molar-refractivity contribution in [3.05, 3.63) is 52.7 Å². The third kappa shape index (κ3) is 3.37. The number of hydrogen-bond acceptors (Lipinski definition) is 4. The van der Waals surface area contributed by atoms with Crippen LogP contribution in [-0.2, 0) is 0 Å². The fourth-order valence-corrected chi connectivity index (χ4v) is 3.94. The minimum Gasteiger partial charge on any atom is -0.357 e. The summed E-state index contributed by atoms with van der Waals surface area (Å²) in [4.78, 5) is 22.2. The molecule has 6 heteroatoms. The number of aryl methyl sites for hydroxylation is 2. The number of aromatic nitrogens is 2. The van der Waals surface area contributed by atoms with Gasteiger partial charge >= 0.3 is 0 Å². The number of carbonyl (C=O) groups excluding carboxylic acids is 1. The van der Waals surface area contributed by atoms with Crippen molar-refractivity contribution in [2.75, 3.05) is 18.4 Å². The van der Waals surface area contributed by atoms with Crippen molar-refractivity contribution in [1.82, 2.24) is 14.9 Å². The summed E-state index contributed by atoms with van der Waals surface area (Å²) < 4.78 is 0. The van der Waals surface area contributed by atoms with E-state index in [0.29, 0.717) is 5.69 Å². The van der Waals surface area contributed by atoms with E-state index in [1.54, 1.807) is 11.3 Å². The number of thiazole rings is 1. The second-order valence-corrected chi connectivity index (χ2v) is 7.64. The van der Waals surface area contributed by atoms with Crippen molar-refractivity contribution >= 4 is 28.1 Å². The maximum absolute atomic E-state index is 12.5. The third-order valence-electron chi connectivity index (χ3n) is 4.74. The molecule has 0 aliphatic carbocycles. The first-order valence-corrected chi connectivity index (χ1v) is 9.76. The summed E-state index contributed by atoms with van der Waals surface area (Å²) in [6.45, 7) is 5.87. The van der Waals surface area contributed by atoms with E-state index in [9.17, 15) is 4.79 Å². The van der Waals surface area contributed by atoms with Crippen molar-refractivity contribution in [3.63, 3.8) is 0 Å². The Balaban J connectivity index is 1.51. The van der Waals surface area contributed by atoms with Crippen LogP contribution in [-0.4, -0.2) is 33.9 Å². The van der Waals surface area contributed by atoms with Gasteiger partial charge in [0.25, 0.3) is 5.91 Å². The smallest absolute Gasteiger partial charge is 0.270 e. The Morgan fingerprint density at radius 2 is 2.04 bits per heavy atom. The van der Waals surface area contributed by atoms with E-state index in [1.165, 1.54) is 11.1 Å². The predicted molar refractivity (Wildman–Crippen MR) is 106 cm³/mol. The SMILES string of the molecule is Cc1ccc(C)c(Nc2nc(-c3c[nH]c(C(=O)N4CCCC4)c3)cs2)c1. The lowest BCUT2D eigenvalue weighted by atomic mass is 10.1.